The van der Waals surface area contributed by atoms with Gasteiger partial charge in [-0.25, -0.2) is 0 Å². The average molecular weight is 316 g/mol. The first-order chi connectivity index (χ1) is 9.99. The fourth-order valence-corrected chi connectivity index (χ4v) is 3.08. The topological polar surface area (TPSA) is 15.3 Å². The third kappa shape index (κ3) is 5.05. The largest absolute Gasteiger partial charge is 0.446 e. The quantitative estimate of drug-likeness (QED) is 0.657. The van der Waals surface area contributed by atoms with E-state index in [1.807, 2.05) is 6.08 Å². The summed E-state index contributed by atoms with van der Waals surface area (Å²) in [6, 6.07) is 6.88. The Morgan fingerprint density at radius 3 is 2.38 bits per heavy atom. The highest BCUT2D eigenvalue weighted by atomic mass is 32.2. The number of halogens is 3. The molecule has 1 fully saturated rings. The van der Waals surface area contributed by atoms with Crippen molar-refractivity contribution in [2.45, 2.75) is 22.9 Å². The van der Waals surface area contributed by atoms with Gasteiger partial charge < -0.3 is 5.32 Å². The summed E-state index contributed by atoms with van der Waals surface area (Å²) in [7, 11) is 0. The molecule has 0 saturated carbocycles. The molecule has 2 nitrogen and oxygen atoms in total. The van der Waals surface area contributed by atoms with E-state index < -0.39 is 5.51 Å². The normalized spacial score (nSPS) is 18.4. The summed E-state index contributed by atoms with van der Waals surface area (Å²) < 4.78 is 37.0. The highest BCUT2D eigenvalue weighted by molar-refractivity contribution is 8.00. The van der Waals surface area contributed by atoms with Crippen LogP contribution in [0.2, 0.25) is 0 Å². The van der Waals surface area contributed by atoms with Crippen molar-refractivity contribution in [3.05, 3.63) is 42.5 Å². The van der Waals surface area contributed by atoms with Crippen LogP contribution in [-0.4, -0.2) is 36.6 Å². The van der Waals surface area contributed by atoms with Gasteiger partial charge in [0.05, 0.1) is 0 Å². The lowest BCUT2D eigenvalue weighted by atomic mass is 10.0. The molecule has 1 heterocycles. The number of hydrogen-bond donors (Lipinski definition) is 1. The van der Waals surface area contributed by atoms with E-state index in [4.69, 9.17) is 0 Å². The van der Waals surface area contributed by atoms with Gasteiger partial charge in [0.25, 0.3) is 0 Å². The van der Waals surface area contributed by atoms with Gasteiger partial charge in [0.2, 0.25) is 0 Å². The van der Waals surface area contributed by atoms with E-state index in [0.29, 0.717) is 0 Å². The number of thioether (sulfide) groups is 1. The Kier molecular flexibility index (Phi) is 5.72. The van der Waals surface area contributed by atoms with Gasteiger partial charge in [-0.2, -0.15) is 13.2 Å². The van der Waals surface area contributed by atoms with Gasteiger partial charge in [0, 0.05) is 37.1 Å². The number of alkyl halides is 3. The van der Waals surface area contributed by atoms with Crippen molar-refractivity contribution in [2.75, 3.05) is 26.2 Å². The number of hydrogen-bond acceptors (Lipinski definition) is 3. The van der Waals surface area contributed by atoms with Crippen molar-refractivity contribution in [2.24, 2.45) is 0 Å². The maximum absolute atomic E-state index is 12.3. The third-order valence-electron chi connectivity index (χ3n) is 3.48. The number of nitrogens with one attached hydrogen (secondary N) is 1. The van der Waals surface area contributed by atoms with E-state index in [2.05, 4.69) is 16.8 Å². The Bertz CT molecular complexity index is 453. The summed E-state index contributed by atoms with van der Waals surface area (Å²) >= 11 is -0.0737. The van der Waals surface area contributed by atoms with Crippen LogP contribution in [0.4, 0.5) is 13.2 Å². The molecule has 1 aromatic carbocycles. The van der Waals surface area contributed by atoms with E-state index in [0.717, 1.165) is 38.2 Å². The second-order valence-electron chi connectivity index (χ2n) is 4.94. The second kappa shape index (κ2) is 7.33. The predicted molar refractivity (Wildman–Crippen MR) is 80.4 cm³/mol. The highest BCUT2D eigenvalue weighted by Crippen LogP contribution is 2.37. The third-order valence-corrected chi connectivity index (χ3v) is 4.22. The van der Waals surface area contributed by atoms with E-state index in [9.17, 15) is 13.2 Å². The fraction of sp³-hybridized carbons (Fsp3) is 0.467. The molecule has 0 spiro atoms. The minimum atomic E-state index is -4.24. The van der Waals surface area contributed by atoms with E-state index >= 15 is 0 Å². The van der Waals surface area contributed by atoms with Crippen LogP contribution in [0.25, 0.3) is 0 Å². The summed E-state index contributed by atoms with van der Waals surface area (Å²) in [5.41, 5.74) is -3.19. The first kappa shape index (κ1) is 16.4. The standard InChI is InChI=1S/C15H19F3N2S/c1-2-3-14(20-10-8-19-9-11-20)12-4-6-13(7-5-12)21-15(16,17)18/h2,4-7,14,19H,1,3,8-11H2/t14-/m0/s1. The molecular formula is C15H19F3N2S. The summed E-state index contributed by atoms with van der Waals surface area (Å²) in [6.45, 7) is 7.56. The van der Waals surface area contributed by atoms with Crippen molar-refractivity contribution < 1.29 is 13.2 Å². The summed E-state index contributed by atoms with van der Waals surface area (Å²) in [5.74, 6) is 0. The first-order valence-corrected chi connectivity index (χ1v) is 7.72. The van der Waals surface area contributed by atoms with Gasteiger partial charge >= 0.3 is 5.51 Å². The maximum atomic E-state index is 12.3. The molecule has 1 atom stereocenters. The van der Waals surface area contributed by atoms with Gasteiger partial charge in [0.15, 0.2) is 0 Å². The zero-order valence-corrected chi connectivity index (χ0v) is 12.5. The maximum Gasteiger partial charge on any atom is 0.446 e. The monoisotopic (exact) mass is 316 g/mol. The minimum Gasteiger partial charge on any atom is -0.314 e. The molecule has 0 unspecified atom stereocenters. The van der Waals surface area contributed by atoms with Crippen molar-refractivity contribution >= 4 is 11.8 Å². The highest BCUT2D eigenvalue weighted by Gasteiger charge is 2.29. The summed E-state index contributed by atoms with van der Waals surface area (Å²) in [6.07, 6.45) is 2.66. The number of rotatable bonds is 5. The van der Waals surface area contributed by atoms with Gasteiger partial charge in [0.1, 0.15) is 0 Å². The number of benzene rings is 1. The molecule has 116 valence electrons. The van der Waals surface area contributed by atoms with Gasteiger partial charge in [-0.3, -0.25) is 4.90 Å². The Morgan fingerprint density at radius 2 is 1.86 bits per heavy atom. The average Bonchev–Trinajstić information content (AvgIpc) is 2.45. The van der Waals surface area contributed by atoms with Crippen LogP contribution in [0.15, 0.2) is 41.8 Å². The SMILES string of the molecule is C=CC[C@@H](c1ccc(SC(F)(F)F)cc1)N1CCNCC1. The molecule has 1 aliphatic rings. The van der Waals surface area contributed by atoms with Crippen LogP contribution in [0.3, 0.4) is 0 Å². The molecule has 21 heavy (non-hydrogen) atoms. The molecule has 0 amide bonds. The van der Waals surface area contributed by atoms with Crippen molar-refractivity contribution in [3.63, 3.8) is 0 Å². The number of nitrogens with zero attached hydrogens (tertiary/aromatic N) is 1. The van der Waals surface area contributed by atoms with Crippen molar-refractivity contribution in [3.8, 4) is 0 Å². The van der Waals surface area contributed by atoms with Crippen LogP contribution < -0.4 is 5.32 Å². The Morgan fingerprint density at radius 1 is 1.24 bits per heavy atom. The van der Waals surface area contributed by atoms with Crippen molar-refractivity contribution in [1.82, 2.24) is 10.2 Å². The van der Waals surface area contributed by atoms with E-state index in [1.54, 1.807) is 24.3 Å². The molecule has 0 radical (unpaired) electrons. The molecule has 0 aliphatic carbocycles. The first-order valence-electron chi connectivity index (χ1n) is 6.91. The van der Waals surface area contributed by atoms with Crippen LogP contribution in [-0.2, 0) is 0 Å². The molecule has 1 saturated heterocycles. The predicted octanol–water partition coefficient (Wildman–Crippen LogP) is 3.82. The van der Waals surface area contributed by atoms with Gasteiger partial charge in [-0.1, -0.05) is 18.2 Å². The fourth-order valence-electron chi connectivity index (χ4n) is 2.54. The second-order valence-corrected chi connectivity index (χ2v) is 6.08. The molecule has 0 bridgehead atoms. The smallest absolute Gasteiger partial charge is 0.314 e. The summed E-state index contributed by atoms with van der Waals surface area (Å²) in [4.78, 5) is 2.58. The lowest BCUT2D eigenvalue weighted by Gasteiger charge is -2.34. The summed E-state index contributed by atoms with van der Waals surface area (Å²) in [5, 5.41) is 3.30. The molecule has 6 heteroatoms. The van der Waals surface area contributed by atoms with Crippen molar-refractivity contribution in [1.29, 1.82) is 0 Å². The zero-order valence-electron chi connectivity index (χ0n) is 11.7. The minimum absolute atomic E-state index is 0.0737. The van der Waals surface area contributed by atoms with Crippen LogP contribution in [0, 0.1) is 0 Å². The molecule has 2 rings (SSSR count). The van der Waals surface area contributed by atoms with Gasteiger partial charge in [-0.05, 0) is 35.9 Å². The Balaban J connectivity index is 2.10. The molecule has 0 aromatic heterocycles. The lowest BCUT2D eigenvalue weighted by Crippen LogP contribution is -2.45. The van der Waals surface area contributed by atoms with Crippen LogP contribution >= 0.6 is 11.8 Å². The Hall–Kier alpha value is -0.980. The number of piperazine rings is 1. The lowest BCUT2D eigenvalue weighted by molar-refractivity contribution is -0.0328. The zero-order chi connectivity index (χ0) is 15.3. The van der Waals surface area contributed by atoms with Crippen LogP contribution in [0.5, 0.6) is 0 Å². The van der Waals surface area contributed by atoms with Crippen LogP contribution in [0.1, 0.15) is 18.0 Å². The van der Waals surface area contributed by atoms with Gasteiger partial charge in [-0.15, -0.1) is 6.58 Å². The van der Waals surface area contributed by atoms with E-state index in [1.165, 1.54) is 0 Å². The Labute approximate surface area is 127 Å². The molecule has 1 N–H and O–H groups in total. The molecular weight excluding hydrogens is 297 g/mol. The molecule has 1 aromatic rings. The van der Waals surface area contributed by atoms with E-state index in [-0.39, 0.29) is 22.7 Å². The molecule has 1 aliphatic heterocycles.